The molecule has 0 aromatic heterocycles. The van der Waals surface area contributed by atoms with E-state index < -0.39 is 5.97 Å². The Hall–Kier alpha value is -0.610. The van der Waals surface area contributed by atoms with Gasteiger partial charge in [-0.25, -0.2) is 0 Å². The molecule has 0 saturated carbocycles. The highest BCUT2D eigenvalue weighted by atomic mass is 16.5. The first kappa shape index (κ1) is 12.4. The number of aliphatic carboxylic acids is 1. The summed E-state index contributed by atoms with van der Waals surface area (Å²) < 4.78 is 4.90. The lowest BCUT2D eigenvalue weighted by molar-refractivity contribution is -0.138. The Labute approximate surface area is 79.5 Å². The smallest absolute Gasteiger partial charge is 0.317 e. The molecular weight excluding hydrogens is 170 g/mol. The van der Waals surface area contributed by atoms with Crippen molar-refractivity contribution in [2.45, 2.75) is 13.8 Å². The SMILES string of the molecule is COCCN(CC(=O)O)CC(C)C. The van der Waals surface area contributed by atoms with Crippen LogP contribution in [0.2, 0.25) is 0 Å². The Kier molecular flexibility index (Phi) is 6.54. The van der Waals surface area contributed by atoms with Crippen molar-refractivity contribution in [2.75, 3.05) is 33.4 Å². The Morgan fingerprint density at radius 1 is 1.54 bits per heavy atom. The van der Waals surface area contributed by atoms with Gasteiger partial charge in [0.25, 0.3) is 0 Å². The zero-order valence-electron chi connectivity index (χ0n) is 8.62. The van der Waals surface area contributed by atoms with Crippen molar-refractivity contribution in [3.05, 3.63) is 0 Å². The van der Waals surface area contributed by atoms with E-state index in [0.717, 1.165) is 6.54 Å². The topological polar surface area (TPSA) is 49.8 Å². The Morgan fingerprint density at radius 2 is 2.15 bits per heavy atom. The predicted molar refractivity (Wildman–Crippen MR) is 50.8 cm³/mol. The van der Waals surface area contributed by atoms with E-state index in [9.17, 15) is 4.79 Å². The van der Waals surface area contributed by atoms with Crippen LogP contribution in [-0.4, -0.2) is 49.3 Å². The van der Waals surface area contributed by atoms with Crippen LogP contribution in [0, 0.1) is 5.92 Å². The number of hydrogen-bond donors (Lipinski definition) is 1. The van der Waals surface area contributed by atoms with Crippen molar-refractivity contribution < 1.29 is 14.6 Å². The van der Waals surface area contributed by atoms with Crippen LogP contribution < -0.4 is 0 Å². The third kappa shape index (κ3) is 7.74. The molecule has 0 aliphatic heterocycles. The molecule has 0 rings (SSSR count). The lowest BCUT2D eigenvalue weighted by Crippen LogP contribution is -2.35. The first-order valence-electron chi connectivity index (χ1n) is 4.49. The van der Waals surface area contributed by atoms with Crippen LogP contribution >= 0.6 is 0 Å². The maximum absolute atomic E-state index is 10.5. The third-order valence-corrected chi connectivity index (χ3v) is 1.59. The summed E-state index contributed by atoms with van der Waals surface area (Å²) in [5.41, 5.74) is 0. The summed E-state index contributed by atoms with van der Waals surface area (Å²) in [6, 6.07) is 0. The molecule has 4 nitrogen and oxygen atoms in total. The fraction of sp³-hybridized carbons (Fsp3) is 0.889. The minimum absolute atomic E-state index is 0.0988. The molecule has 0 fully saturated rings. The molecule has 0 aromatic rings. The zero-order chi connectivity index (χ0) is 10.3. The molecule has 0 spiro atoms. The zero-order valence-corrected chi connectivity index (χ0v) is 8.62. The fourth-order valence-corrected chi connectivity index (χ4v) is 1.16. The Morgan fingerprint density at radius 3 is 2.54 bits per heavy atom. The van der Waals surface area contributed by atoms with Crippen molar-refractivity contribution in [3.8, 4) is 0 Å². The number of methoxy groups -OCH3 is 1. The monoisotopic (exact) mass is 189 g/mol. The van der Waals surface area contributed by atoms with Crippen LogP contribution in [-0.2, 0) is 9.53 Å². The van der Waals surface area contributed by atoms with E-state index in [1.54, 1.807) is 7.11 Å². The van der Waals surface area contributed by atoms with Crippen LogP contribution in [0.3, 0.4) is 0 Å². The molecule has 0 radical (unpaired) electrons. The summed E-state index contributed by atoms with van der Waals surface area (Å²) in [6.45, 7) is 6.31. The summed E-state index contributed by atoms with van der Waals surface area (Å²) in [7, 11) is 1.62. The molecular formula is C9H19NO3. The lowest BCUT2D eigenvalue weighted by Gasteiger charge is -2.21. The van der Waals surface area contributed by atoms with Crippen molar-refractivity contribution in [3.63, 3.8) is 0 Å². The van der Waals surface area contributed by atoms with E-state index in [4.69, 9.17) is 9.84 Å². The molecule has 0 heterocycles. The van der Waals surface area contributed by atoms with Gasteiger partial charge in [-0.1, -0.05) is 13.8 Å². The van der Waals surface area contributed by atoms with E-state index in [0.29, 0.717) is 19.1 Å². The molecule has 0 saturated heterocycles. The highest BCUT2D eigenvalue weighted by Crippen LogP contribution is 1.97. The minimum atomic E-state index is -0.781. The van der Waals surface area contributed by atoms with E-state index in [1.165, 1.54) is 0 Å². The van der Waals surface area contributed by atoms with E-state index in [1.807, 2.05) is 4.90 Å². The molecule has 0 amide bonds. The van der Waals surface area contributed by atoms with Gasteiger partial charge in [-0.3, -0.25) is 9.69 Å². The first-order chi connectivity index (χ1) is 6.06. The maximum Gasteiger partial charge on any atom is 0.317 e. The number of hydrogen-bond acceptors (Lipinski definition) is 3. The molecule has 13 heavy (non-hydrogen) atoms. The summed E-state index contributed by atoms with van der Waals surface area (Å²) >= 11 is 0. The average Bonchev–Trinajstić information content (AvgIpc) is 1.98. The number of carboxylic acids is 1. The quantitative estimate of drug-likeness (QED) is 0.639. The summed E-state index contributed by atoms with van der Waals surface area (Å²) in [6.07, 6.45) is 0. The van der Waals surface area contributed by atoms with Gasteiger partial charge in [0.05, 0.1) is 13.2 Å². The Bertz CT molecular complexity index is 148. The van der Waals surface area contributed by atoms with Crippen LogP contribution in [0.5, 0.6) is 0 Å². The van der Waals surface area contributed by atoms with E-state index >= 15 is 0 Å². The second-order valence-corrected chi connectivity index (χ2v) is 3.52. The number of carboxylic acid groups (broad SMARTS) is 1. The van der Waals surface area contributed by atoms with Gasteiger partial charge < -0.3 is 9.84 Å². The molecule has 0 aliphatic rings. The van der Waals surface area contributed by atoms with Crippen LogP contribution in [0.1, 0.15) is 13.8 Å². The van der Waals surface area contributed by atoms with Gasteiger partial charge in [-0.2, -0.15) is 0 Å². The molecule has 0 unspecified atom stereocenters. The van der Waals surface area contributed by atoms with Gasteiger partial charge in [-0.05, 0) is 5.92 Å². The highest BCUT2D eigenvalue weighted by molar-refractivity contribution is 5.69. The molecule has 0 bridgehead atoms. The second kappa shape index (κ2) is 6.86. The molecule has 1 N–H and O–H groups in total. The van der Waals surface area contributed by atoms with Crippen molar-refractivity contribution in [1.29, 1.82) is 0 Å². The van der Waals surface area contributed by atoms with Gasteiger partial charge in [0, 0.05) is 20.2 Å². The van der Waals surface area contributed by atoms with Gasteiger partial charge in [0.15, 0.2) is 0 Å². The van der Waals surface area contributed by atoms with Gasteiger partial charge in [-0.15, -0.1) is 0 Å². The van der Waals surface area contributed by atoms with Crippen molar-refractivity contribution in [1.82, 2.24) is 4.90 Å². The van der Waals surface area contributed by atoms with E-state index in [2.05, 4.69) is 13.8 Å². The van der Waals surface area contributed by atoms with Crippen LogP contribution in [0.15, 0.2) is 0 Å². The van der Waals surface area contributed by atoms with Crippen molar-refractivity contribution >= 4 is 5.97 Å². The number of ether oxygens (including phenoxy) is 1. The molecule has 4 heteroatoms. The fourth-order valence-electron chi connectivity index (χ4n) is 1.16. The standard InChI is InChI=1S/C9H19NO3/c1-8(2)6-10(4-5-13-3)7-9(11)12/h8H,4-7H2,1-3H3,(H,11,12). The Balaban J connectivity index is 3.80. The first-order valence-corrected chi connectivity index (χ1v) is 4.49. The number of carbonyl (C=O) groups is 1. The summed E-state index contributed by atoms with van der Waals surface area (Å²) in [5, 5.41) is 8.61. The van der Waals surface area contributed by atoms with Crippen molar-refractivity contribution in [2.24, 2.45) is 5.92 Å². The maximum atomic E-state index is 10.5. The van der Waals surface area contributed by atoms with Crippen LogP contribution in [0.25, 0.3) is 0 Å². The summed E-state index contributed by atoms with van der Waals surface area (Å²) in [4.78, 5) is 12.4. The molecule has 0 aromatic carbocycles. The molecule has 78 valence electrons. The minimum Gasteiger partial charge on any atom is -0.480 e. The average molecular weight is 189 g/mol. The molecule has 0 atom stereocenters. The second-order valence-electron chi connectivity index (χ2n) is 3.52. The number of nitrogens with zero attached hydrogens (tertiary/aromatic N) is 1. The molecule has 0 aliphatic carbocycles. The van der Waals surface area contributed by atoms with E-state index in [-0.39, 0.29) is 6.54 Å². The predicted octanol–water partition coefficient (Wildman–Crippen LogP) is 0.675. The normalized spacial score (nSPS) is 11.2. The van der Waals surface area contributed by atoms with Gasteiger partial charge >= 0.3 is 5.97 Å². The van der Waals surface area contributed by atoms with Gasteiger partial charge in [0.2, 0.25) is 0 Å². The lowest BCUT2D eigenvalue weighted by atomic mass is 10.2. The van der Waals surface area contributed by atoms with Gasteiger partial charge in [0.1, 0.15) is 0 Å². The number of rotatable bonds is 7. The third-order valence-electron chi connectivity index (χ3n) is 1.59. The largest absolute Gasteiger partial charge is 0.480 e. The summed E-state index contributed by atoms with van der Waals surface area (Å²) in [5.74, 6) is -0.298. The highest BCUT2D eigenvalue weighted by Gasteiger charge is 2.10. The van der Waals surface area contributed by atoms with Crippen LogP contribution in [0.4, 0.5) is 0 Å².